The molecule has 1 heterocycles. The summed E-state index contributed by atoms with van der Waals surface area (Å²) < 4.78 is 82.4. The molecule has 33 heavy (non-hydrogen) atoms. The predicted molar refractivity (Wildman–Crippen MR) is 110 cm³/mol. The van der Waals surface area contributed by atoms with Gasteiger partial charge in [-0.05, 0) is 36.4 Å². The van der Waals surface area contributed by atoms with Gasteiger partial charge in [0.05, 0.1) is 17.6 Å². The van der Waals surface area contributed by atoms with E-state index in [0.717, 1.165) is 6.20 Å². The van der Waals surface area contributed by atoms with Crippen LogP contribution >= 0.6 is 0 Å². The minimum atomic E-state index is -4.74. The number of sulfonamides is 1. The molecule has 0 bridgehead atoms. The SMILES string of the molecule is CC(=O)Nc1ccc(NC(=O)c2c(F)ccc(NS(=O)(=O)c3ccc(F)cc3F)c2F)cn1. The highest BCUT2D eigenvalue weighted by molar-refractivity contribution is 7.92. The van der Waals surface area contributed by atoms with Crippen LogP contribution in [0.2, 0.25) is 0 Å². The van der Waals surface area contributed by atoms with Crippen LogP contribution in [0.15, 0.2) is 53.6 Å². The summed E-state index contributed by atoms with van der Waals surface area (Å²) in [6.07, 6.45) is 1.11. The van der Waals surface area contributed by atoms with Crippen molar-refractivity contribution in [3.05, 3.63) is 77.5 Å². The van der Waals surface area contributed by atoms with E-state index < -0.39 is 55.3 Å². The summed E-state index contributed by atoms with van der Waals surface area (Å²) in [4.78, 5) is 26.3. The van der Waals surface area contributed by atoms with Crippen molar-refractivity contribution >= 4 is 39.0 Å². The summed E-state index contributed by atoms with van der Waals surface area (Å²) in [5, 5.41) is 4.57. The summed E-state index contributed by atoms with van der Waals surface area (Å²) in [6, 6.07) is 5.59. The molecule has 0 radical (unpaired) electrons. The first-order valence-electron chi connectivity index (χ1n) is 8.99. The second kappa shape index (κ2) is 9.24. The molecule has 0 atom stereocenters. The molecule has 0 aliphatic carbocycles. The monoisotopic (exact) mass is 482 g/mol. The van der Waals surface area contributed by atoms with E-state index in [4.69, 9.17) is 0 Å². The van der Waals surface area contributed by atoms with Crippen molar-refractivity contribution in [2.24, 2.45) is 0 Å². The highest BCUT2D eigenvalue weighted by Gasteiger charge is 2.25. The van der Waals surface area contributed by atoms with Crippen LogP contribution in [0.3, 0.4) is 0 Å². The van der Waals surface area contributed by atoms with E-state index in [9.17, 15) is 35.6 Å². The smallest absolute Gasteiger partial charge is 0.264 e. The van der Waals surface area contributed by atoms with Crippen LogP contribution < -0.4 is 15.4 Å². The van der Waals surface area contributed by atoms with Gasteiger partial charge in [-0.1, -0.05) is 0 Å². The fourth-order valence-electron chi connectivity index (χ4n) is 2.65. The third kappa shape index (κ3) is 5.44. The number of nitrogens with one attached hydrogen (secondary N) is 3. The number of nitrogens with zero attached hydrogens (tertiary/aromatic N) is 1. The van der Waals surface area contributed by atoms with Crippen molar-refractivity contribution in [3.63, 3.8) is 0 Å². The van der Waals surface area contributed by atoms with Crippen LogP contribution in [-0.2, 0) is 14.8 Å². The summed E-state index contributed by atoms with van der Waals surface area (Å²) in [5.41, 5.74) is -1.95. The number of benzene rings is 2. The maximum absolute atomic E-state index is 14.9. The maximum atomic E-state index is 14.9. The largest absolute Gasteiger partial charge is 0.320 e. The van der Waals surface area contributed by atoms with Gasteiger partial charge in [0.15, 0.2) is 5.82 Å². The van der Waals surface area contributed by atoms with Crippen LogP contribution in [0.5, 0.6) is 0 Å². The number of halogens is 4. The van der Waals surface area contributed by atoms with Gasteiger partial charge >= 0.3 is 0 Å². The van der Waals surface area contributed by atoms with Crippen LogP contribution in [-0.4, -0.2) is 25.2 Å². The summed E-state index contributed by atoms with van der Waals surface area (Å²) in [5.74, 6) is -6.82. The van der Waals surface area contributed by atoms with Crippen LogP contribution in [0.25, 0.3) is 0 Å². The molecule has 13 heteroatoms. The van der Waals surface area contributed by atoms with Gasteiger partial charge in [-0.3, -0.25) is 14.3 Å². The zero-order valence-electron chi connectivity index (χ0n) is 16.6. The van der Waals surface area contributed by atoms with Crippen molar-refractivity contribution in [3.8, 4) is 0 Å². The molecule has 0 fully saturated rings. The van der Waals surface area contributed by atoms with Crippen molar-refractivity contribution in [1.82, 2.24) is 4.98 Å². The quantitative estimate of drug-likeness (QED) is 0.464. The summed E-state index contributed by atoms with van der Waals surface area (Å²) in [6.45, 7) is 1.26. The van der Waals surface area contributed by atoms with Crippen LogP contribution in [0.4, 0.5) is 34.8 Å². The van der Waals surface area contributed by atoms with Crippen molar-refractivity contribution in [2.75, 3.05) is 15.4 Å². The lowest BCUT2D eigenvalue weighted by Crippen LogP contribution is -2.20. The molecule has 0 spiro atoms. The molecule has 1 aromatic heterocycles. The van der Waals surface area contributed by atoms with E-state index >= 15 is 0 Å². The first-order chi connectivity index (χ1) is 15.5. The zero-order chi connectivity index (χ0) is 24.3. The number of amides is 2. The first kappa shape index (κ1) is 23.7. The number of aromatic nitrogens is 1. The Morgan fingerprint density at radius 2 is 1.64 bits per heavy atom. The number of rotatable bonds is 6. The number of carbonyl (C=O) groups excluding carboxylic acids is 2. The van der Waals surface area contributed by atoms with Gasteiger partial charge in [0.1, 0.15) is 33.7 Å². The van der Waals surface area contributed by atoms with Gasteiger partial charge < -0.3 is 10.6 Å². The van der Waals surface area contributed by atoms with Gasteiger partial charge in [0, 0.05) is 13.0 Å². The molecular formula is C20H14F4N4O4S. The molecule has 8 nitrogen and oxygen atoms in total. The van der Waals surface area contributed by atoms with Gasteiger partial charge in [0.2, 0.25) is 5.91 Å². The minimum absolute atomic E-state index is 0.0206. The average molecular weight is 482 g/mol. The van der Waals surface area contributed by atoms with Crippen molar-refractivity contribution in [2.45, 2.75) is 11.8 Å². The number of carbonyl (C=O) groups is 2. The number of hydrogen-bond donors (Lipinski definition) is 3. The Morgan fingerprint density at radius 3 is 2.24 bits per heavy atom. The zero-order valence-corrected chi connectivity index (χ0v) is 17.4. The van der Waals surface area contributed by atoms with E-state index in [1.807, 2.05) is 0 Å². The van der Waals surface area contributed by atoms with Gasteiger partial charge in [-0.2, -0.15) is 0 Å². The topological polar surface area (TPSA) is 117 Å². The first-order valence-corrected chi connectivity index (χ1v) is 10.5. The van der Waals surface area contributed by atoms with E-state index in [1.54, 1.807) is 4.72 Å². The second-order valence-electron chi connectivity index (χ2n) is 6.53. The molecular weight excluding hydrogens is 468 g/mol. The lowest BCUT2D eigenvalue weighted by Gasteiger charge is -2.13. The number of anilines is 3. The predicted octanol–water partition coefficient (Wildman–Crippen LogP) is 3.65. The molecule has 172 valence electrons. The minimum Gasteiger partial charge on any atom is -0.320 e. The molecule has 0 unspecified atom stereocenters. The Kier molecular flexibility index (Phi) is 6.62. The highest BCUT2D eigenvalue weighted by atomic mass is 32.2. The highest BCUT2D eigenvalue weighted by Crippen LogP contribution is 2.26. The van der Waals surface area contributed by atoms with Gasteiger partial charge in [-0.25, -0.2) is 31.0 Å². The second-order valence-corrected chi connectivity index (χ2v) is 8.18. The van der Waals surface area contributed by atoms with E-state index in [-0.39, 0.29) is 17.4 Å². The third-order valence-electron chi connectivity index (χ3n) is 4.07. The molecule has 3 N–H and O–H groups in total. The summed E-state index contributed by atoms with van der Waals surface area (Å²) in [7, 11) is -4.74. The average Bonchev–Trinajstić information content (AvgIpc) is 2.71. The molecule has 3 rings (SSSR count). The van der Waals surface area contributed by atoms with E-state index in [2.05, 4.69) is 15.6 Å². The van der Waals surface area contributed by atoms with Crippen LogP contribution in [0.1, 0.15) is 17.3 Å². The molecule has 0 saturated heterocycles. The third-order valence-corrected chi connectivity index (χ3v) is 5.47. The van der Waals surface area contributed by atoms with E-state index in [1.165, 1.54) is 19.1 Å². The fraction of sp³-hybridized carbons (Fsp3) is 0.0500. The Hall–Kier alpha value is -4.00. The lowest BCUT2D eigenvalue weighted by molar-refractivity contribution is -0.114. The number of hydrogen-bond acceptors (Lipinski definition) is 5. The van der Waals surface area contributed by atoms with Crippen LogP contribution in [0, 0.1) is 23.3 Å². The summed E-state index contributed by atoms with van der Waals surface area (Å²) >= 11 is 0. The Morgan fingerprint density at radius 1 is 0.909 bits per heavy atom. The van der Waals surface area contributed by atoms with Crippen molar-refractivity contribution in [1.29, 1.82) is 0 Å². The van der Waals surface area contributed by atoms with Crippen molar-refractivity contribution < 1.29 is 35.6 Å². The number of pyridine rings is 1. The maximum Gasteiger partial charge on any atom is 0.264 e. The van der Waals surface area contributed by atoms with Gasteiger partial charge in [-0.15, -0.1) is 0 Å². The molecule has 0 saturated carbocycles. The fourth-order valence-corrected chi connectivity index (χ4v) is 3.77. The normalized spacial score (nSPS) is 11.1. The lowest BCUT2D eigenvalue weighted by atomic mass is 10.1. The molecule has 0 aliphatic rings. The molecule has 2 aromatic carbocycles. The molecule has 0 aliphatic heterocycles. The Balaban J connectivity index is 1.87. The molecule has 2 amide bonds. The standard InChI is InChI=1S/C20H14F4N4O4S/c1-10(29)26-17-7-3-12(9-25-17)27-20(30)18-13(22)4-5-15(19(18)24)28-33(31,32)16-6-2-11(21)8-14(16)23/h2-9,28H,1H3,(H,27,30)(H,25,26,29). The Bertz CT molecular complexity index is 1350. The molecule has 3 aromatic rings. The van der Waals surface area contributed by atoms with E-state index in [0.29, 0.717) is 30.3 Å². The van der Waals surface area contributed by atoms with Gasteiger partial charge in [0.25, 0.3) is 15.9 Å². The Labute approximate surface area is 184 Å².